The van der Waals surface area contributed by atoms with Crippen LogP contribution in [0.1, 0.15) is 23.8 Å². The highest BCUT2D eigenvalue weighted by molar-refractivity contribution is 5.91. The van der Waals surface area contributed by atoms with E-state index in [1.165, 1.54) is 6.20 Å². The molecule has 0 bridgehead atoms. The number of hydrogen-bond donors (Lipinski definition) is 2. The Balaban J connectivity index is 2.48. The van der Waals surface area contributed by atoms with Crippen molar-refractivity contribution in [1.29, 1.82) is 5.26 Å². The van der Waals surface area contributed by atoms with Crippen LogP contribution in [0.5, 0.6) is 0 Å². The maximum Gasteiger partial charge on any atom is 0.273 e. The highest BCUT2D eigenvalue weighted by atomic mass is 16.2. The number of rotatable bonds is 3. The van der Waals surface area contributed by atoms with Gasteiger partial charge < -0.3 is 5.32 Å². The molecule has 0 fully saturated rings. The Bertz CT molecular complexity index is 312. The monoisotopic (exact) mass is 179 g/mol. The fourth-order valence-corrected chi connectivity index (χ4v) is 0.797. The van der Waals surface area contributed by atoms with Gasteiger partial charge in [0.15, 0.2) is 5.69 Å². The zero-order valence-electron chi connectivity index (χ0n) is 7.11. The molecule has 0 aromatic carbocycles. The number of amides is 1. The summed E-state index contributed by atoms with van der Waals surface area (Å²) in [4.78, 5) is 11.2. The van der Waals surface area contributed by atoms with Crippen LogP contribution >= 0.6 is 0 Å². The lowest BCUT2D eigenvalue weighted by Gasteiger charge is -2.07. The molecule has 2 N–H and O–H groups in total. The van der Waals surface area contributed by atoms with E-state index in [0.717, 1.165) is 0 Å². The molecule has 1 heterocycles. The summed E-state index contributed by atoms with van der Waals surface area (Å²) in [6.45, 7) is 1.75. The molecular weight excluding hydrogens is 170 g/mol. The molecule has 0 aliphatic heterocycles. The second kappa shape index (κ2) is 4.21. The third kappa shape index (κ3) is 2.56. The molecule has 1 aromatic rings. The molecule has 1 amide bonds. The number of carbonyl (C=O) groups excluding carboxylic acids is 1. The first-order chi connectivity index (χ1) is 6.24. The molecule has 0 aliphatic rings. The smallest absolute Gasteiger partial charge is 0.273 e. The van der Waals surface area contributed by atoms with Gasteiger partial charge in [0.2, 0.25) is 0 Å². The van der Waals surface area contributed by atoms with E-state index in [1.54, 1.807) is 6.92 Å². The van der Waals surface area contributed by atoms with Crippen molar-refractivity contribution in [2.75, 3.05) is 0 Å². The third-order valence-electron chi connectivity index (χ3n) is 1.42. The number of aromatic amines is 1. The summed E-state index contributed by atoms with van der Waals surface area (Å²) in [6, 6.07) is 1.79. The Morgan fingerprint density at radius 2 is 2.69 bits per heavy atom. The van der Waals surface area contributed by atoms with Crippen molar-refractivity contribution in [2.24, 2.45) is 0 Å². The molecule has 1 rings (SSSR count). The normalized spacial score (nSPS) is 11.7. The quantitative estimate of drug-likeness (QED) is 0.673. The molecule has 0 radical (unpaired) electrons. The van der Waals surface area contributed by atoms with Crippen molar-refractivity contribution in [3.63, 3.8) is 0 Å². The zero-order valence-corrected chi connectivity index (χ0v) is 7.11. The predicted octanol–water partition coefficient (Wildman–Crippen LogP) is -0.163. The molecular formula is C7H9N5O. The van der Waals surface area contributed by atoms with Crippen LogP contribution in [0.15, 0.2) is 6.20 Å². The Morgan fingerprint density at radius 1 is 1.92 bits per heavy atom. The number of nitrogens with one attached hydrogen (secondary N) is 2. The fraction of sp³-hybridized carbons (Fsp3) is 0.429. The SMILES string of the molecule is CC(CC#N)NC(=O)c1cn[nH]n1. The number of H-pyrrole nitrogens is 1. The highest BCUT2D eigenvalue weighted by Gasteiger charge is 2.11. The van der Waals surface area contributed by atoms with Gasteiger partial charge in [0.25, 0.3) is 5.91 Å². The summed E-state index contributed by atoms with van der Waals surface area (Å²) < 4.78 is 0. The van der Waals surface area contributed by atoms with Gasteiger partial charge in [-0.2, -0.15) is 20.7 Å². The second-order valence-electron chi connectivity index (χ2n) is 2.59. The van der Waals surface area contributed by atoms with Gasteiger partial charge in [-0.05, 0) is 6.92 Å². The first-order valence-corrected chi connectivity index (χ1v) is 3.77. The molecule has 0 saturated heterocycles. The van der Waals surface area contributed by atoms with Gasteiger partial charge in [-0.3, -0.25) is 4.79 Å². The summed E-state index contributed by atoms with van der Waals surface area (Å²) in [5.74, 6) is -0.323. The molecule has 68 valence electrons. The van der Waals surface area contributed by atoms with E-state index in [2.05, 4.69) is 20.7 Å². The Hall–Kier alpha value is -1.90. The number of hydrogen-bond acceptors (Lipinski definition) is 4. The summed E-state index contributed by atoms with van der Waals surface area (Å²) >= 11 is 0. The topological polar surface area (TPSA) is 94.5 Å². The minimum atomic E-state index is -0.323. The van der Waals surface area contributed by atoms with Crippen molar-refractivity contribution in [3.8, 4) is 6.07 Å². The average Bonchev–Trinajstić information content (AvgIpc) is 2.55. The van der Waals surface area contributed by atoms with Gasteiger partial charge in [-0.1, -0.05) is 0 Å². The van der Waals surface area contributed by atoms with Crippen LogP contribution in [0.25, 0.3) is 0 Å². The van der Waals surface area contributed by atoms with E-state index < -0.39 is 0 Å². The molecule has 0 saturated carbocycles. The van der Waals surface area contributed by atoms with Gasteiger partial charge in [0, 0.05) is 6.04 Å². The van der Waals surface area contributed by atoms with Crippen molar-refractivity contribution in [2.45, 2.75) is 19.4 Å². The van der Waals surface area contributed by atoms with E-state index in [4.69, 9.17) is 5.26 Å². The molecule has 13 heavy (non-hydrogen) atoms. The van der Waals surface area contributed by atoms with Crippen molar-refractivity contribution < 1.29 is 4.79 Å². The molecule has 1 unspecified atom stereocenters. The third-order valence-corrected chi connectivity index (χ3v) is 1.42. The number of aromatic nitrogens is 3. The minimum Gasteiger partial charge on any atom is -0.347 e. The van der Waals surface area contributed by atoms with Crippen LogP contribution in [-0.4, -0.2) is 27.4 Å². The van der Waals surface area contributed by atoms with Crippen LogP contribution in [-0.2, 0) is 0 Å². The Kier molecular flexibility index (Phi) is 2.97. The van der Waals surface area contributed by atoms with Crippen LogP contribution in [0.2, 0.25) is 0 Å². The Morgan fingerprint density at radius 3 is 3.23 bits per heavy atom. The van der Waals surface area contributed by atoms with Gasteiger partial charge >= 0.3 is 0 Å². The second-order valence-corrected chi connectivity index (χ2v) is 2.59. The first-order valence-electron chi connectivity index (χ1n) is 3.77. The largest absolute Gasteiger partial charge is 0.347 e. The fourth-order valence-electron chi connectivity index (χ4n) is 0.797. The average molecular weight is 179 g/mol. The van der Waals surface area contributed by atoms with Crippen molar-refractivity contribution in [3.05, 3.63) is 11.9 Å². The standard InChI is InChI=1S/C7H9N5O/c1-5(2-3-8)10-7(13)6-4-9-12-11-6/h4-5H,2H2,1H3,(H,10,13)(H,9,11,12). The van der Waals surface area contributed by atoms with Crippen LogP contribution in [0, 0.1) is 11.3 Å². The lowest BCUT2D eigenvalue weighted by molar-refractivity contribution is 0.0935. The number of nitrogens with zero attached hydrogens (tertiary/aromatic N) is 3. The molecule has 1 aromatic heterocycles. The number of nitriles is 1. The van der Waals surface area contributed by atoms with E-state index >= 15 is 0 Å². The molecule has 6 nitrogen and oxygen atoms in total. The summed E-state index contributed by atoms with van der Waals surface area (Å²) in [7, 11) is 0. The molecule has 0 spiro atoms. The van der Waals surface area contributed by atoms with Gasteiger partial charge in [-0.25, -0.2) is 0 Å². The van der Waals surface area contributed by atoms with Gasteiger partial charge in [0.1, 0.15) is 0 Å². The lowest BCUT2D eigenvalue weighted by Crippen LogP contribution is -2.32. The van der Waals surface area contributed by atoms with E-state index in [9.17, 15) is 4.79 Å². The summed E-state index contributed by atoms with van der Waals surface area (Å²) in [6.07, 6.45) is 1.61. The van der Waals surface area contributed by atoms with Crippen LogP contribution in [0.4, 0.5) is 0 Å². The molecule has 1 atom stereocenters. The summed E-state index contributed by atoms with van der Waals surface area (Å²) in [5, 5.41) is 20.4. The molecule has 0 aliphatic carbocycles. The van der Waals surface area contributed by atoms with E-state index in [-0.39, 0.29) is 24.1 Å². The Labute approximate surface area is 74.9 Å². The first kappa shape index (κ1) is 9.19. The van der Waals surface area contributed by atoms with Crippen LogP contribution in [0.3, 0.4) is 0 Å². The van der Waals surface area contributed by atoms with Crippen molar-refractivity contribution in [1.82, 2.24) is 20.7 Å². The van der Waals surface area contributed by atoms with Crippen molar-refractivity contribution >= 4 is 5.91 Å². The van der Waals surface area contributed by atoms with E-state index in [0.29, 0.717) is 0 Å². The minimum absolute atomic E-state index is 0.172. The van der Waals surface area contributed by atoms with E-state index in [1.807, 2.05) is 6.07 Å². The van der Waals surface area contributed by atoms with Gasteiger partial charge in [0.05, 0.1) is 18.7 Å². The maximum atomic E-state index is 11.2. The zero-order chi connectivity index (χ0) is 9.68. The maximum absolute atomic E-state index is 11.2. The highest BCUT2D eigenvalue weighted by Crippen LogP contribution is 1.93. The number of carbonyl (C=O) groups is 1. The predicted molar refractivity (Wildman–Crippen MR) is 43.5 cm³/mol. The summed E-state index contributed by atoms with van der Waals surface area (Å²) in [5.41, 5.74) is 0.227. The van der Waals surface area contributed by atoms with Crippen LogP contribution < -0.4 is 5.32 Å². The lowest BCUT2D eigenvalue weighted by atomic mass is 10.2. The molecule has 6 heteroatoms. The van der Waals surface area contributed by atoms with Gasteiger partial charge in [-0.15, -0.1) is 0 Å².